The molecule has 1 fully saturated rings. The molecule has 2 aromatic carbocycles. The third kappa shape index (κ3) is 4.93. The summed E-state index contributed by atoms with van der Waals surface area (Å²) in [6.45, 7) is 2.76. The molecule has 1 aromatic heterocycles. The zero-order valence-electron chi connectivity index (χ0n) is 20.0. The smallest absolute Gasteiger partial charge is 0.276 e. The van der Waals surface area contributed by atoms with Gasteiger partial charge in [0.25, 0.3) is 11.8 Å². The van der Waals surface area contributed by atoms with Gasteiger partial charge in [0.05, 0.1) is 18.4 Å². The molecule has 3 heterocycles. The Morgan fingerprint density at radius 3 is 2.69 bits per heavy atom. The first-order chi connectivity index (χ1) is 17.5. The van der Waals surface area contributed by atoms with Gasteiger partial charge >= 0.3 is 0 Å². The second-order valence-electron chi connectivity index (χ2n) is 9.07. The van der Waals surface area contributed by atoms with Crippen LogP contribution in [0.3, 0.4) is 0 Å². The molecule has 10 heteroatoms. The van der Waals surface area contributed by atoms with E-state index < -0.39 is 0 Å². The van der Waals surface area contributed by atoms with Crippen LogP contribution in [0.4, 0.5) is 0 Å². The Bertz CT molecular complexity index is 1270. The van der Waals surface area contributed by atoms with Crippen LogP contribution < -0.4 is 15.4 Å². The zero-order valence-corrected chi connectivity index (χ0v) is 20.0. The number of carbonyl (C=O) groups excluding carboxylic acids is 3. The number of nitrogens with zero attached hydrogens (tertiary/aromatic N) is 4. The molecular weight excluding hydrogens is 460 g/mol. The molecule has 0 aliphatic carbocycles. The van der Waals surface area contributed by atoms with E-state index in [-0.39, 0.29) is 55.1 Å². The highest BCUT2D eigenvalue weighted by Gasteiger charge is 2.39. The summed E-state index contributed by atoms with van der Waals surface area (Å²) in [5.74, 6) is -0.0993. The number of carbonyl (C=O) groups is 3. The SMILES string of the molecule is Cc1ccc2cc1OCCNC(=O)C[C@@H]1CC[C@H](CNC2=O)N1C(=O)c1cn(-c2ccccc2)nn1. The normalized spacial score (nSPS) is 20.5. The van der Waals surface area contributed by atoms with Gasteiger partial charge in [0.2, 0.25) is 5.91 Å². The molecule has 0 unspecified atom stereocenters. The molecule has 0 radical (unpaired) electrons. The average Bonchev–Trinajstić information content (AvgIpc) is 3.53. The topological polar surface area (TPSA) is 118 Å². The monoisotopic (exact) mass is 488 g/mol. The summed E-state index contributed by atoms with van der Waals surface area (Å²) in [5.41, 5.74) is 2.36. The van der Waals surface area contributed by atoms with E-state index in [1.807, 2.05) is 43.3 Å². The highest BCUT2D eigenvalue weighted by molar-refractivity contribution is 5.95. The van der Waals surface area contributed by atoms with Gasteiger partial charge in [0, 0.05) is 30.6 Å². The number of hydrogen-bond donors (Lipinski definition) is 2. The molecule has 2 aliphatic rings. The third-order valence-corrected chi connectivity index (χ3v) is 6.64. The second-order valence-corrected chi connectivity index (χ2v) is 9.07. The van der Waals surface area contributed by atoms with E-state index in [1.165, 1.54) is 0 Å². The average molecular weight is 489 g/mol. The van der Waals surface area contributed by atoms with Crippen LogP contribution >= 0.6 is 0 Å². The predicted octanol–water partition coefficient (Wildman–Crippen LogP) is 1.88. The highest BCUT2D eigenvalue weighted by atomic mass is 16.5. The van der Waals surface area contributed by atoms with Gasteiger partial charge in [-0.2, -0.15) is 0 Å². The number of para-hydroxylation sites is 1. The van der Waals surface area contributed by atoms with Crippen LogP contribution in [0.25, 0.3) is 5.69 Å². The Morgan fingerprint density at radius 2 is 1.86 bits per heavy atom. The van der Waals surface area contributed by atoms with E-state index in [4.69, 9.17) is 4.74 Å². The van der Waals surface area contributed by atoms with Gasteiger partial charge in [0.1, 0.15) is 12.4 Å². The van der Waals surface area contributed by atoms with Crippen LogP contribution in [0, 0.1) is 6.92 Å². The fourth-order valence-electron chi connectivity index (χ4n) is 4.74. The van der Waals surface area contributed by atoms with Gasteiger partial charge in [-0.05, 0) is 49.6 Å². The molecule has 5 rings (SSSR count). The molecule has 2 N–H and O–H groups in total. The largest absolute Gasteiger partial charge is 0.491 e. The number of ether oxygens (including phenoxy) is 1. The van der Waals surface area contributed by atoms with E-state index in [9.17, 15) is 14.4 Å². The Morgan fingerprint density at radius 1 is 1.06 bits per heavy atom. The summed E-state index contributed by atoms with van der Waals surface area (Å²) < 4.78 is 7.34. The molecule has 36 heavy (non-hydrogen) atoms. The summed E-state index contributed by atoms with van der Waals surface area (Å²) in [5, 5.41) is 14.1. The van der Waals surface area contributed by atoms with Crippen molar-refractivity contribution in [3.05, 3.63) is 71.5 Å². The van der Waals surface area contributed by atoms with E-state index >= 15 is 0 Å². The van der Waals surface area contributed by atoms with Gasteiger partial charge in [-0.3, -0.25) is 14.4 Å². The molecule has 3 amide bonds. The predicted molar refractivity (Wildman–Crippen MR) is 131 cm³/mol. The minimum Gasteiger partial charge on any atom is -0.491 e. The van der Waals surface area contributed by atoms with Crippen LogP contribution in [0.1, 0.15) is 45.7 Å². The Balaban J connectivity index is 1.40. The first-order valence-electron chi connectivity index (χ1n) is 12.1. The summed E-state index contributed by atoms with van der Waals surface area (Å²) >= 11 is 0. The van der Waals surface area contributed by atoms with Crippen molar-refractivity contribution < 1.29 is 19.1 Å². The minimum absolute atomic E-state index is 0.153. The maximum absolute atomic E-state index is 13.6. The quantitative estimate of drug-likeness (QED) is 0.569. The molecule has 10 nitrogen and oxygen atoms in total. The second kappa shape index (κ2) is 10.2. The number of aryl methyl sites for hydroxylation is 1. The summed E-state index contributed by atoms with van der Waals surface area (Å²) in [6, 6.07) is 14.1. The molecule has 2 atom stereocenters. The Hall–Kier alpha value is -4.21. The van der Waals surface area contributed by atoms with Crippen LogP contribution in [0.15, 0.2) is 54.7 Å². The summed E-state index contributed by atoms with van der Waals surface area (Å²) in [4.78, 5) is 40.9. The molecule has 1 saturated heterocycles. The van der Waals surface area contributed by atoms with Crippen molar-refractivity contribution in [2.75, 3.05) is 19.7 Å². The van der Waals surface area contributed by atoms with Crippen molar-refractivity contribution >= 4 is 17.7 Å². The number of hydrogen-bond acceptors (Lipinski definition) is 6. The Kier molecular flexibility index (Phi) is 6.66. The highest BCUT2D eigenvalue weighted by Crippen LogP contribution is 2.28. The van der Waals surface area contributed by atoms with Crippen molar-refractivity contribution in [2.24, 2.45) is 0 Å². The van der Waals surface area contributed by atoms with Crippen molar-refractivity contribution in [2.45, 2.75) is 38.3 Å². The lowest BCUT2D eigenvalue weighted by Gasteiger charge is -2.29. The van der Waals surface area contributed by atoms with Crippen LogP contribution in [-0.4, -0.2) is 69.4 Å². The minimum atomic E-state index is -0.310. The third-order valence-electron chi connectivity index (χ3n) is 6.64. The maximum atomic E-state index is 13.6. The molecule has 4 bridgehead atoms. The van der Waals surface area contributed by atoms with E-state index in [0.29, 0.717) is 30.7 Å². The molecular formula is C26H28N6O4. The molecule has 0 spiro atoms. The molecule has 3 aromatic rings. The van der Waals surface area contributed by atoms with Gasteiger partial charge in [-0.1, -0.05) is 29.5 Å². The van der Waals surface area contributed by atoms with Gasteiger partial charge in [0.15, 0.2) is 5.69 Å². The lowest BCUT2D eigenvalue weighted by molar-refractivity contribution is -0.122. The number of rotatable bonds is 2. The Labute approximate surface area is 208 Å². The number of benzene rings is 2. The van der Waals surface area contributed by atoms with Crippen molar-refractivity contribution in [3.63, 3.8) is 0 Å². The van der Waals surface area contributed by atoms with E-state index in [2.05, 4.69) is 20.9 Å². The fourth-order valence-corrected chi connectivity index (χ4v) is 4.74. The fraction of sp³-hybridized carbons (Fsp3) is 0.346. The van der Waals surface area contributed by atoms with Crippen LogP contribution in [0.2, 0.25) is 0 Å². The van der Waals surface area contributed by atoms with Crippen LogP contribution in [0.5, 0.6) is 5.75 Å². The first kappa shape index (κ1) is 23.5. The lowest BCUT2D eigenvalue weighted by atomic mass is 10.1. The number of aromatic nitrogens is 3. The van der Waals surface area contributed by atoms with Crippen molar-refractivity contribution in [3.8, 4) is 11.4 Å². The van der Waals surface area contributed by atoms with Crippen molar-refractivity contribution in [1.29, 1.82) is 0 Å². The standard InChI is InChI=1S/C26H28N6O4/c1-17-7-8-18-13-23(17)36-12-11-27-24(33)14-20-9-10-21(15-28-25(18)34)32(20)26(35)22-16-31(30-29-22)19-5-3-2-4-6-19/h2-8,13,16,20-21H,9-12,14-15H2,1H3,(H,27,33)(H,28,34)/t20-,21+/m0/s1. The van der Waals surface area contributed by atoms with Crippen LogP contribution in [-0.2, 0) is 4.79 Å². The van der Waals surface area contributed by atoms with Crippen molar-refractivity contribution in [1.82, 2.24) is 30.5 Å². The number of nitrogens with one attached hydrogen (secondary N) is 2. The number of fused-ring (bicyclic) bond motifs is 4. The van der Waals surface area contributed by atoms with Gasteiger partial charge in [-0.15, -0.1) is 5.10 Å². The summed E-state index contributed by atoms with van der Waals surface area (Å²) in [7, 11) is 0. The van der Waals surface area contributed by atoms with Gasteiger partial charge in [-0.25, -0.2) is 4.68 Å². The lowest BCUT2D eigenvalue weighted by Crippen LogP contribution is -2.48. The number of amides is 3. The molecule has 2 aliphatic heterocycles. The maximum Gasteiger partial charge on any atom is 0.276 e. The van der Waals surface area contributed by atoms with Gasteiger partial charge < -0.3 is 20.3 Å². The molecule has 186 valence electrons. The van der Waals surface area contributed by atoms with E-state index in [0.717, 1.165) is 11.3 Å². The van der Waals surface area contributed by atoms with E-state index in [1.54, 1.807) is 27.9 Å². The zero-order chi connectivity index (χ0) is 25.1. The summed E-state index contributed by atoms with van der Waals surface area (Å²) in [6.07, 6.45) is 3.07. The first-order valence-corrected chi connectivity index (χ1v) is 12.1. The molecule has 0 saturated carbocycles.